The van der Waals surface area contributed by atoms with Gasteiger partial charge in [0.1, 0.15) is 0 Å². The fourth-order valence-corrected chi connectivity index (χ4v) is 3.65. The molecule has 0 amide bonds. The van der Waals surface area contributed by atoms with Crippen molar-refractivity contribution >= 4 is 0 Å². The van der Waals surface area contributed by atoms with Crippen LogP contribution in [0.3, 0.4) is 0 Å². The van der Waals surface area contributed by atoms with Crippen LogP contribution in [-0.2, 0) is 4.74 Å². The molecule has 2 rings (SSSR count). The van der Waals surface area contributed by atoms with Gasteiger partial charge in [0, 0.05) is 0 Å². The Morgan fingerprint density at radius 2 is 1.67 bits per heavy atom. The topological polar surface area (TPSA) is 9.23 Å². The van der Waals surface area contributed by atoms with Crippen molar-refractivity contribution in [3.63, 3.8) is 0 Å². The molecule has 1 nitrogen and oxygen atoms in total. The lowest BCUT2D eigenvalue weighted by Gasteiger charge is -2.44. The summed E-state index contributed by atoms with van der Waals surface area (Å²) in [6.45, 7) is 4.34. The van der Waals surface area contributed by atoms with Crippen molar-refractivity contribution in [2.75, 3.05) is 0 Å². The van der Waals surface area contributed by atoms with E-state index in [0.717, 1.165) is 0 Å². The van der Waals surface area contributed by atoms with Crippen molar-refractivity contribution in [1.29, 1.82) is 0 Å². The molecule has 2 aliphatic carbocycles. The smallest absolute Gasteiger partial charge is 0.0583 e. The Morgan fingerprint density at radius 3 is 2.33 bits per heavy atom. The third-order valence-corrected chi connectivity index (χ3v) is 4.27. The predicted octanol–water partition coefficient (Wildman–Crippen LogP) is 4.30. The molecule has 0 heterocycles. The van der Waals surface area contributed by atoms with Gasteiger partial charge >= 0.3 is 0 Å². The van der Waals surface area contributed by atoms with Gasteiger partial charge in [-0.1, -0.05) is 25.7 Å². The van der Waals surface area contributed by atoms with E-state index in [4.69, 9.17) is 4.74 Å². The van der Waals surface area contributed by atoms with Crippen LogP contribution in [0, 0.1) is 5.41 Å². The normalized spacial score (nSPS) is 31.0. The van der Waals surface area contributed by atoms with E-state index in [2.05, 4.69) is 13.8 Å². The zero-order chi connectivity index (χ0) is 10.7. The van der Waals surface area contributed by atoms with E-state index in [-0.39, 0.29) is 0 Å². The minimum atomic E-state index is 0.411. The average Bonchev–Trinajstić information content (AvgIpc) is 2.17. The van der Waals surface area contributed by atoms with Crippen molar-refractivity contribution in [3.05, 3.63) is 0 Å². The first-order chi connectivity index (χ1) is 7.20. The second-order valence-electron chi connectivity index (χ2n) is 5.96. The molecule has 2 fully saturated rings. The maximum atomic E-state index is 6.02. The summed E-state index contributed by atoms with van der Waals surface area (Å²) in [6, 6.07) is 0. The van der Waals surface area contributed by atoms with E-state index in [9.17, 15) is 0 Å². The molecule has 15 heavy (non-hydrogen) atoms. The van der Waals surface area contributed by atoms with Crippen LogP contribution >= 0.6 is 0 Å². The van der Waals surface area contributed by atoms with Crippen LogP contribution < -0.4 is 0 Å². The molecule has 0 aromatic heterocycles. The number of rotatable bonds is 2. The average molecular weight is 210 g/mol. The number of ether oxygens (including phenoxy) is 1. The van der Waals surface area contributed by atoms with E-state index in [0.29, 0.717) is 17.6 Å². The fourth-order valence-electron chi connectivity index (χ4n) is 3.65. The molecule has 1 heteroatoms. The largest absolute Gasteiger partial charge is 0.376 e. The summed E-state index contributed by atoms with van der Waals surface area (Å²) < 4.78 is 6.02. The van der Waals surface area contributed by atoms with Crippen LogP contribution in [0.4, 0.5) is 0 Å². The zero-order valence-electron chi connectivity index (χ0n) is 10.4. The van der Waals surface area contributed by atoms with E-state index in [1.807, 2.05) is 0 Å². The van der Waals surface area contributed by atoms with Crippen LogP contribution in [0.1, 0.15) is 71.6 Å². The van der Waals surface area contributed by atoms with Crippen molar-refractivity contribution in [1.82, 2.24) is 0 Å². The highest BCUT2D eigenvalue weighted by atomic mass is 16.5. The van der Waals surface area contributed by atoms with Crippen molar-refractivity contribution in [3.8, 4) is 0 Å². The summed E-state index contributed by atoms with van der Waals surface area (Å²) in [6.07, 6.45) is 13.9. The first-order valence-corrected chi connectivity index (χ1v) is 6.86. The zero-order valence-corrected chi connectivity index (χ0v) is 10.4. The van der Waals surface area contributed by atoms with E-state index in [1.54, 1.807) is 0 Å². The first-order valence-electron chi connectivity index (χ1n) is 6.86. The second kappa shape index (κ2) is 4.86. The lowest BCUT2D eigenvalue weighted by atomic mass is 9.64. The van der Waals surface area contributed by atoms with Crippen LogP contribution in [-0.4, -0.2) is 12.2 Å². The second-order valence-corrected chi connectivity index (χ2v) is 5.96. The summed E-state index contributed by atoms with van der Waals surface area (Å²) in [5.74, 6) is 0. The predicted molar refractivity (Wildman–Crippen MR) is 64.0 cm³/mol. The van der Waals surface area contributed by atoms with Crippen LogP contribution in [0.5, 0.6) is 0 Å². The van der Waals surface area contributed by atoms with Crippen molar-refractivity contribution < 1.29 is 4.74 Å². The highest BCUT2D eigenvalue weighted by molar-refractivity contribution is 4.89. The third kappa shape index (κ3) is 2.96. The summed E-state index contributed by atoms with van der Waals surface area (Å²) in [5, 5.41) is 0. The lowest BCUT2D eigenvalue weighted by Crippen LogP contribution is -2.35. The van der Waals surface area contributed by atoms with Crippen molar-refractivity contribution in [2.45, 2.75) is 83.8 Å². The van der Waals surface area contributed by atoms with E-state index < -0.39 is 0 Å². The molecule has 1 spiro atoms. The Balaban J connectivity index is 1.90. The molecule has 2 saturated carbocycles. The molecule has 0 bridgehead atoms. The third-order valence-electron chi connectivity index (χ3n) is 4.27. The number of hydrogen-bond acceptors (Lipinski definition) is 1. The molecule has 88 valence electrons. The molecular weight excluding hydrogens is 184 g/mol. The molecule has 0 aromatic rings. The van der Waals surface area contributed by atoms with Gasteiger partial charge < -0.3 is 4.74 Å². The molecule has 1 atom stereocenters. The van der Waals surface area contributed by atoms with E-state index in [1.165, 1.54) is 57.8 Å². The quantitative estimate of drug-likeness (QED) is 0.660. The van der Waals surface area contributed by atoms with Gasteiger partial charge in [-0.25, -0.2) is 0 Å². The maximum absolute atomic E-state index is 6.02. The standard InChI is InChI=1S/C14H26O/c1-12(2)15-13-7-6-10-14(11-13)8-4-3-5-9-14/h12-13H,3-11H2,1-2H3. The SMILES string of the molecule is CC(C)OC1CCCC2(CCCCC2)C1. The van der Waals surface area contributed by atoms with Gasteiger partial charge in [0.25, 0.3) is 0 Å². The van der Waals surface area contributed by atoms with Gasteiger partial charge in [0.15, 0.2) is 0 Å². The molecular formula is C14H26O. The van der Waals surface area contributed by atoms with Gasteiger partial charge in [0.2, 0.25) is 0 Å². The Kier molecular flexibility index (Phi) is 3.71. The molecule has 1 unspecified atom stereocenters. The highest BCUT2D eigenvalue weighted by Gasteiger charge is 2.37. The Morgan fingerprint density at radius 1 is 1.00 bits per heavy atom. The van der Waals surface area contributed by atoms with Crippen LogP contribution in [0.2, 0.25) is 0 Å². The maximum Gasteiger partial charge on any atom is 0.0583 e. The summed E-state index contributed by atoms with van der Waals surface area (Å²) >= 11 is 0. The van der Waals surface area contributed by atoms with Crippen LogP contribution in [0.15, 0.2) is 0 Å². The minimum Gasteiger partial charge on any atom is -0.376 e. The van der Waals surface area contributed by atoms with Gasteiger partial charge in [0.05, 0.1) is 12.2 Å². The Bertz CT molecular complexity index is 186. The summed E-state index contributed by atoms with van der Waals surface area (Å²) in [4.78, 5) is 0. The molecule has 0 N–H and O–H groups in total. The van der Waals surface area contributed by atoms with Gasteiger partial charge in [-0.2, -0.15) is 0 Å². The molecule has 0 aromatic carbocycles. The van der Waals surface area contributed by atoms with E-state index >= 15 is 0 Å². The highest BCUT2D eigenvalue weighted by Crippen LogP contribution is 2.48. The summed E-state index contributed by atoms with van der Waals surface area (Å²) in [5.41, 5.74) is 0.691. The molecule has 2 aliphatic rings. The molecule has 0 radical (unpaired) electrons. The monoisotopic (exact) mass is 210 g/mol. The lowest BCUT2D eigenvalue weighted by molar-refractivity contribution is -0.0552. The molecule has 0 saturated heterocycles. The fraction of sp³-hybridized carbons (Fsp3) is 1.00. The number of hydrogen-bond donors (Lipinski definition) is 0. The van der Waals surface area contributed by atoms with Gasteiger partial charge in [-0.15, -0.1) is 0 Å². The van der Waals surface area contributed by atoms with Gasteiger partial charge in [-0.3, -0.25) is 0 Å². The molecule has 0 aliphatic heterocycles. The Hall–Kier alpha value is -0.0400. The van der Waals surface area contributed by atoms with Crippen molar-refractivity contribution in [2.24, 2.45) is 5.41 Å². The summed E-state index contributed by atoms with van der Waals surface area (Å²) in [7, 11) is 0. The van der Waals surface area contributed by atoms with Crippen LogP contribution in [0.25, 0.3) is 0 Å². The minimum absolute atomic E-state index is 0.411. The Labute approximate surface area is 94.6 Å². The first kappa shape index (κ1) is 11.4. The van der Waals surface area contributed by atoms with Gasteiger partial charge in [-0.05, 0) is 51.4 Å².